The largest absolute Gasteiger partial charge is 0.485 e. The molecule has 0 fully saturated rings. The van der Waals surface area contributed by atoms with Crippen LogP contribution in [0.4, 0.5) is 6.01 Å². The summed E-state index contributed by atoms with van der Waals surface area (Å²) >= 11 is 0. The van der Waals surface area contributed by atoms with Gasteiger partial charge in [0, 0.05) is 5.56 Å². The smallest absolute Gasteiger partial charge is 0.322 e. The normalized spacial score (nSPS) is 22.3. The Balaban J connectivity index is 2.04. The van der Waals surface area contributed by atoms with Gasteiger partial charge in [-0.15, -0.1) is 0 Å². The zero-order valence-electron chi connectivity index (χ0n) is 12.5. The lowest BCUT2D eigenvalue weighted by molar-refractivity contribution is -0.0536. The van der Waals surface area contributed by atoms with Gasteiger partial charge in [-0.3, -0.25) is 0 Å². The number of hydrogen-bond acceptors (Lipinski definition) is 7. The summed E-state index contributed by atoms with van der Waals surface area (Å²) in [5, 5.41) is 26.4. The van der Waals surface area contributed by atoms with Crippen molar-refractivity contribution < 1.29 is 14.4 Å². The number of aryl methyl sites for hydroxylation is 1. The van der Waals surface area contributed by atoms with Crippen molar-refractivity contribution in [1.29, 1.82) is 5.26 Å². The van der Waals surface area contributed by atoms with Gasteiger partial charge in [-0.05, 0) is 39.0 Å². The number of aliphatic hydroxyl groups is 1. The molecule has 22 heavy (non-hydrogen) atoms. The van der Waals surface area contributed by atoms with Crippen molar-refractivity contribution in [3.63, 3.8) is 0 Å². The van der Waals surface area contributed by atoms with Crippen LogP contribution in [-0.4, -0.2) is 27.0 Å². The molecule has 3 rings (SSSR count). The minimum absolute atomic E-state index is 0.215. The minimum Gasteiger partial charge on any atom is -0.485 e. The SMILES string of the molecule is Cc1noc(N[C@@H]2c3cc(C#N)ccc3OC(C)(C)[C@H]2O)n1. The van der Waals surface area contributed by atoms with Crippen LogP contribution in [-0.2, 0) is 0 Å². The molecule has 0 spiro atoms. The van der Waals surface area contributed by atoms with Gasteiger partial charge in [0.1, 0.15) is 17.5 Å². The van der Waals surface area contributed by atoms with E-state index in [1.165, 1.54) is 0 Å². The Morgan fingerprint density at radius 1 is 1.41 bits per heavy atom. The number of ether oxygens (including phenoxy) is 1. The van der Waals surface area contributed by atoms with Crippen LogP contribution < -0.4 is 10.1 Å². The number of fused-ring (bicyclic) bond motifs is 1. The second kappa shape index (κ2) is 5.00. The maximum Gasteiger partial charge on any atom is 0.322 e. The maximum atomic E-state index is 10.6. The fraction of sp³-hybridized carbons (Fsp3) is 0.400. The molecule has 2 atom stereocenters. The van der Waals surface area contributed by atoms with Crippen LogP contribution in [0.15, 0.2) is 22.7 Å². The highest BCUT2D eigenvalue weighted by Crippen LogP contribution is 2.41. The van der Waals surface area contributed by atoms with Gasteiger partial charge in [0.15, 0.2) is 5.82 Å². The number of benzene rings is 1. The van der Waals surface area contributed by atoms with E-state index in [4.69, 9.17) is 14.5 Å². The second-order valence-electron chi connectivity index (χ2n) is 5.78. The lowest BCUT2D eigenvalue weighted by Gasteiger charge is -2.42. The molecular weight excluding hydrogens is 284 g/mol. The third-order valence-corrected chi connectivity index (χ3v) is 3.68. The summed E-state index contributed by atoms with van der Waals surface area (Å²) in [6.45, 7) is 5.31. The van der Waals surface area contributed by atoms with Crippen molar-refractivity contribution in [2.75, 3.05) is 5.32 Å². The number of nitriles is 1. The van der Waals surface area contributed by atoms with Crippen LogP contribution in [0.2, 0.25) is 0 Å². The maximum absolute atomic E-state index is 10.6. The Morgan fingerprint density at radius 2 is 2.18 bits per heavy atom. The molecule has 0 saturated heterocycles. The Morgan fingerprint density at radius 3 is 2.82 bits per heavy atom. The number of nitrogens with zero attached hydrogens (tertiary/aromatic N) is 3. The van der Waals surface area contributed by atoms with Gasteiger partial charge >= 0.3 is 6.01 Å². The van der Waals surface area contributed by atoms with Crippen molar-refractivity contribution in [1.82, 2.24) is 10.1 Å². The molecule has 1 aromatic heterocycles. The number of nitrogens with one attached hydrogen (secondary N) is 1. The number of rotatable bonds is 2. The molecule has 114 valence electrons. The van der Waals surface area contributed by atoms with Gasteiger partial charge in [0.25, 0.3) is 0 Å². The highest BCUT2D eigenvalue weighted by molar-refractivity contribution is 5.48. The van der Waals surface area contributed by atoms with E-state index in [1.807, 2.05) is 0 Å². The van der Waals surface area contributed by atoms with E-state index in [9.17, 15) is 5.11 Å². The standard InChI is InChI=1S/C15H16N4O3/c1-8-17-14(22-19-8)18-12-10-6-9(7-16)4-5-11(10)21-15(2,3)13(12)20/h4-6,12-13,20H,1-3H3,(H,17,18,19)/t12-,13+/m1/s1. The fourth-order valence-corrected chi connectivity index (χ4v) is 2.51. The lowest BCUT2D eigenvalue weighted by atomic mass is 9.86. The Kier molecular flexibility index (Phi) is 3.26. The summed E-state index contributed by atoms with van der Waals surface area (Å²) in [4.78, 5) is 4.10. The van der Waals surface area contributed by atoms with Crippen LogP contribution in [0.25, 0.3) is 0 Å². The monoisotopic (exact) mass is 300 g/mol. The first kappa shape index (κ1) is 14.4. The fourth-order valence-electron chi connectivity index (χ4n) is 2.51. The predicted octanol–water partition coefficient (Wildman–Crippen LogP) is 1.93. The molecule has 2 N–H and O–H groups in total. The second-order valence-corrected chi connectivity index (χ2v) is 5.78. The molecule has 1 aliphatic heterocycles. The summed E-state index contributed by atoms with van der Waals surface area (Å²) in [5.74, 6) is 1.11. The van der Waals surface area contributed by atoms with Gasteiger partial charge < -0.3 is 19.7 Å². The molecule has 0 unspecified atom stereocenters. The molecule has 1 aromatic carbocycles. The first-order chi connectivity index (χ1) is 10.4. The van der Waals surface area contributed by atoms with Gasteiger partial charge in [0.2, 0.25) is 0 Å². The van der Waals surface area contributed by atoms with Crippen molar-refractivity contribution in [3.8, 4) is 11.8 Å². The molecule has 0 radical (unpaired) electrons. The van der Waals surface area contributed by atoms with E-state index < -0.39 is 17.7 Å². The third-order valence-electron chi connectivity index (χ3n) is 3.68. The van der Waals surface area contributed by atoms with E-state index >= 15 is 0 Å². The molecule has 0 saturated carbocycles. The lowest BCUT2D eigenvalue weighted by Crippen LogP contribution is -2.50. The zero-order valence-corrected chi connectivity index (χ0v) is 12.5. The summed E-state index contributed by atoms with van der Waals surface area (Å²) in [6, 6.07) is 6.88. The van der Waals surface area contributed by atoms with E-state index in [0.717, 1.165) is 0 Å². The summed E-state index contributed by atoms with van der Waals surface area (Å²) in [7, 11) is 0. The number of aliphatic hydroxyl groups excluding tert-OH is 1. The molecule has 0 bridgehead atoms. The molecule has 0 aliphatic carbocycles. The Hall–Kier alpha value is -2.59. The molecular formula is C15H16N4O3. The van der Waals surface area contributed by atoms with Crippen LogP contribution in [0.1, 0.15) is 36.8 Å². The average Bonchev–Trinajstić information content (AvgIpc) is 2.88. The summed E-state index contributed by atoms with van der Waals surface area (Å²) in [6.07, 6.45) is -0.860. The summed E-state index contributed by atoms with van der Waals surface area (Å²) in [5.41, 5.74) is 0.373. The zero-order chi connectivity index (χ0) is 15.9. The van der Waals surface area contributed by atoms with Gasteiger partial charge in [-0.2, -0.15) is 10.2 Å². The van der Waals surface area contributed by atoms with Crippen molar-refractivity contribution in [2.45, 2.75) is 38.5 Å². The third kappa shape index (κ3) is 2.38. The van der Waals surface area contributed by atoms with Gasteiger partial charge in [0.05, 0.1) is 17.7 Å². The Labute approximate surface area is 127 Å². The molecule has 0 amide bonds. The van der Waals surface area contributed by atoms with Crippen molar-refractivity contribution in [3.05, 3.63) is 35.2 Å². The number of aromatic nitrogens is 2. The predicted molar refractivity (Wildman–Crippen MR) is 77.3 cm³/mol. The highest BCUT2D eigenvalue weighted by Gasteiger charge is 2.43. The van der Waals surface area contributed by atoms with Crippen LogP contribution in [0.3, 0.4) is 0 Å². The van der Waals surface area contributed by atoms with E-state index in [0.29, 0.717) is 22.7 Å². The summed E-state index contributed by atoms with van der Waals surface area (Å²) < 4.78 is 10.9. The molecule has 2 aromatic rings. The van der Waals surface area contributed by atoms with E-state index in [-0.39, 0.29) is 6.01 Å². The Bertz CT molecular complexity index is 747. The topological polar surface area (TPSA) is 104 Å². The van der Waals surface area contributed by atoms with Crippen molar-refractivity contribution >= 4 is 6.01 Å². The molecule has 2 heterocycles. The number of anilines is 1. The van der Waals surface area contributed by atoms with Gasteiger partial charge in [-0.25, -0.2) is 0 Å². The van der Waals surface area contributed by atoms with Crippen LogP contribution in [0, 0.1) is 18.3 Å². The van der Waals surface area contributed by atoms with Crippen LogP contribution in [0.5, 0.6) is 5.75 Å². The molecule has 7 nitrogen and oxygen atoms in total. The minimum atomic E-state index is -0.860. The number of hydrogen-bond donors (Lipinski definition) is 2. The average molecular weight is 300 g/mol. The quantitative estimate of drug-likeness (QED) is 0.873. The highest BCUT2D eigenvalue weighted by atomic mass is 16.5. The van der Waals surface area contributed by atoms with Crippen molar-refractivity contribution in [2.24, 2.45) is 0 Å². The first-order valence-electron chi connectivity index (χ1n) is 6.88. The van der Waals surface area contributed by atoms with Crippen LogP contribution >= 0.6 is 0 Å². The molecule has 1 aliphatic rings. The van der Waals surface area contributed by atoms with E-state index in [1.54, 1.807) is 39.0 Å². The van der Waals surface area contributed by atoms with Gasteiger partial charge in [-0.1, -0.05) is 5.16 Å². The molecule has 7 heteroatoms. The van der Waals surface area contributed by atoms with E-state index in [2.05, 4.69) is 21.5 Å². The first-order valence-corrected chi connectivity index (χ1v) is 6.88.